The number of benzene rings is 1. The summed E-state index contributed by atoms with van der Waals surface area (Å²) < 4.78 is 27.1. The van der Waals surface area contributed by atoms with Gasteiger partial charge in [0.2, 0.25) is 10.0 Å². The van der Waals surface area contributed by atoms with E-state index in [-0.39, 0.29) is 18.6 Å². The van der Waals surface area contributed by atoms with Crippen molar-refractivity contribution in [1.29, 1.82) is 0 Å². The zero-order valence-corrected chi connectivity index (χ0v) is 13.1. The van der Waals surface area contributed by atoms with E-state index in [1.807, 2.05) is 13.0 Å². The average Bonchev–Trinajstić information content (AvgIpc) is 2.88. The molecule has 0 aromatic heterocycles. The van der Waals surface area contributed by atoms with Crippen molar-refractivity contribution < 1.29 is 13.5 Å². The number of anilines is 1. The van der Waals surface area contributed by atoms with Gasteiger partial charge in [0.25, 0.3) is 0 Å². The first kappa shape index (κ1) is 14.8. The van der Waals surface area contributed by atoms with Gasteiger partial charge in [-0.3, -0.25) is 0 Å². The number of hydrogen-bond acceptors (Lipinski definition) is 4. The maximum absolute atomic E-state index is 12.8. The fourth-order valence-electron chi connectivity index (χ4n) is 3.28. The highest BCUT2D eigenvalue weighted by Crippen LogP contribution is 2.32. The van der Waals surface area contributed by atoms with E-state index in [2.05, 4.69) is 5.32 Å². The third-order valence-electron chi connectivity index (χ3n) is 4.64. The molecule has 0 amide bonds. The molecule has 1 aromatic carbocycles. The summed E-state index contributed by atoms with van der Waals surface area (Å²) in [6.07, 6.45) is 2.87. The smallest absolute Gasteiger partial charge is 0.243 e. The first-order valence-electron chi connectivity index (χ1n) is 7.53. The molecule has 2 aliphatic rings. The average molecular weight is 310 g/mol. The first-order valence-corrected chi connectivity index (χ1v) is 8.97. The van der Waals surface area contributed by atoms with Gasteiger partial charge in [-0.05, 0) is 42.9 Å². The number of nitrogens with zero attached hydrogens (tertiary/aromatic N) is 1. The SMILES string of the molecule is CC1CCN(S(=O)(=O)c2ccc3c(c2)NCCC3)C1CO. The Balaban J connectivity index is 1.95. The Kier molecular flexibility index (Phi) is 3.94. The number of sulfonamides is 1. The molecule has 3 rings (SSSR count). The van der Waals surface area contributed by atoms with Crippen molar-refractivity contribution in [2.24, 2.45) is 5.92 Å². The number of aryl methyl sites for hydroxylation is 1. The third kappa shape index (κ3) is 2.56. The van der Waals surface area contributed by atoms with Crippen LogP contribution < -0.4 is 5.32 Å². The highest BCUT2D eigenvalue weighted by Gasteiger charge is 2.39. The number of rotatable bonds is 3. The highest BCUT2D eigenvalue weighted by molar-refractivity contribution is 7.89. The second kappa shape index (κ2) is 5.59. The van der Waals surface area contributed by atoms with E-state index in [9.17, 15) is 13.5 Å². The Morgan fingerprint density at radius 2 is 2.24 bits per heavy atom. The van der Waals surface area contributed by atoms with Gasteiger partial charge in [-0.15, -0.1) is 0 Å². The third-order valence-corrected chi connectivity index (χ3v) is 6.57. The molecule has 6 heteroatoms. The van der Waals surface area contributed by atoms with E-state index in [0.29, 0.717) is 11.4 Å². The van der Waals surface area contributed by atoms with Crippen molar-refractivity contribution in [2.75, 3.05) is 25.0 Å². The van der Waals surface area contributed by atoms with Gasteiger partial charge in [0.15, 0.2) is 0 Å². The van der Waals surface area contributed by atoms with Crippen molar-refractivity contribution in [2.45, 2.75) is 37.1 Å². The van der Waals surface area contributed by atoms with Crippen LogP contribution in [-0.2, 0) is 16.4 Å². The van der Waals surface area contributed by atoms with Crippen LogP contribution in [0.5, 0.6) is 0 Å². The Labute approximate surface area is 126 Å². The lowest BCUT2D eigenvalue weighted by Gasteiger charge is -2.25. The minimum Gasteiger partial charge on any atom is -0.395 e. The van der Waals surface area contributed by atoms with Gasteiger partial charge < -0.3 is 10.4 Å². The molecule has 21 heavy (non-hydrogen) atoms. The van der Waals surface area contributed by atoms with Gasteiger partial charge in [-0.25, -0.2) is 8.42 Å². The zero-order valence-electron chi connectivity index (χ0n) is 12.2. The minimum absolute atomic E-state index is 0.121. The molecule has 2 aliphatic heterocycles. The van der Waals surface area contributed by atoms with Gasteiger partial charge in [-0.2, -0.15) is 4.31 Å². The molecule has 0 aliphatic carbocycles. The maximum atomic E-state index is 12.8. The normalized spacial score (nSPS) is 26.4. The predicted molar refractivity (Wildman–Crippen MR) is 81.8 cm³/mol. The van der Waals surface area contributed by atoms with Crippen molar-refractivity contribution in [3.63, 3.8) is 0 Å². The molecule has 0 saturated carbocycles. The topological polar surface area (TPSA) is 69.6 Å². The fraction of sp³-hybridized carbons (Fsp3) is 0.600. The standard InChI is InChI=1S/C15H22N2O3S/c1-11-6-8-17(15(11)10-18)21(19,20)13-5-4-12-3-2-7-16-14(12)9-13/h4-5,9,11,15-16,18H,2-3,6-8,10H2,1H3. The summed E-state index contributed by atoms with van der Waals surface area (Å²) in [6, 6.07) is 5.03. The summed E-state index contributed by atoms with van der Waals surface area (Å²) in [6.45, 7) is 3.24. The molecule has 2 N–H and O–H groups in total. The quantitative estimate of drug-likeness (QED) is 0.886. The Bertz CT molecular complexity index is 630. The van der Waals surface area contributed by atoms with Gasteiger partial charge >= 0.3 is 0 Å². The van der Waals surface area contributed by atoms with Crippen molar-refractivity contribution in [3.05, 3.63) is 23.8 Å². The van der Waals surface area contributed by atoms with Crippen molar-refractivity contribution in [3.8, 4) is 0 Å². The van der Waals surface area contributed by atoms with Crippen molar-refractivity contribution in [1.82, 2.24) is 4.31 Å². The molecule has 2 atom stereocenters. The lowest BCUT2D eigenvalue weighted by molar-refractivity contribution is 0.191. The largest absolute Gasteiger partial charge is 0.395 e. The van der Waals surface area contributed by atoms with E-state index >= 15 is 0 Å². The molecule has 0 bridgehead atoms. The Morgan fingerprint density at radius 3 is 3.00 bits per heavy atom. The predicted octanol–water partition coefficient (Wildman–Crippen LogP) is 1.44. The highest BCUT2D eigenvalue weighted by atomic mass is 32.2. The summed E-state index contributed by atoms with van der Waals surface area (Å²) in [5.74, 6) is 0.195. The monoisotopic (exact) mass is 310 g/mol. The number of hydrogen-bond donors (Lipinski definition) is 2. The van der Waals surface area contributed by atoms with E-state index in [1.54, 1.807) is 12.1 Å². The summed E-state index contributed by atoms with van der Waals surface area (Å²) in [7, 11) is -3.53. The summed E-state index contributed by atoms with van der Waals surface area (Å²) in [5.41, 5.74) is 2.10. The Morgan fingerprint density at radius 1 is 1.43 bits per heavy atom. The maximum Gasteiger partial charge on any atom is 0.243 e. The minimum atomic E-state index is -3.53. The summed E-state index contributed by atoms with van der Waals surface area (Å²) in [4.78, 5) is 0.322. The van der Waals surface area contributed by atoms with Crippen LogP contribution in [0, 0.1) is 5.92 Å². The number of aliphatic hydroxyl groups is 1. The van der Waals surface area contributed by atoms with Crippen LogP contribution >= 0.6 is 0 Å². The zero-order chi connectivity index (χ0) is 15.0. The molecule has 2 unspecified atom stereocenters. The molecule has 5 nitrogen and oxygen atoms in total. The molecule has 1 aromatic rings. The number of aliphatic hydroxyl groups excluding tert-OH is 1. The molecule has 2 heterocycles. The van der Waals surface area contributed by atoms with Crippen molar-refractivity contribution >= 4 is 15.7 Å². The first-order chi connectivity index (χ1) is 10.0. The molecule has 1 saturated heterocycles. The van der Waals surface area contributed by atoms with Crippen LogP contribution in [0.2, 0.25) is 0 Å². The van der Waals surface area contributed by atoms with Gasteiger partial charge in [0.1, 0.15) is 0 Å². The Hall–Kier alpha value is -1.11. The lowest BCUT2D eigenvalue weighted by Crippen LogP contribution is -2.39. The van der Waals surface area contributed by atoms with Crippen LogP contribution in [0.1, 0.15) is 25.3 Å². The molecule has 0 radical (unpaired) electrons. The molecular formula is C15H22N2O3S. The molecule has 1 fully saturated rings. The van der Waals surface area contributed by atoms with E-state index < -0.39 is 10.0 Å². The summed E-state index contributed by atoms with van der Waals surface area (Å²) in [5, 5.41) is 12.8. The summed E-state index contributed by atoms with van der Waals surface area (Å²) >= 11 is 0. The van der Waals surface area contributed by atoms with Gasteiger partial charge in [0, 0.05) is 18.8 Å². The lowest BCUT2D eigenvalue weighted by atomic mass is 10.0. The van der Waals surface area contributed by atoms with Crippen LogP contribution in [0.4, 0.5) is 5.69 Å². The van der Waals surface area contributed by atoms with Gasteiger partial charge in [0.05, 0.1) is 17.5 Å². The number of nitrogens with one attached hydrogen (secondary N) is 1. The van der Waals surface area contributed by atoms with E-state index in [1.165, 1.54) is 9.87 Å². The number of fused-ring (bicyclic) bond motifs is 1. The second-order valence-electron chi connectivity index (χ2n) is 5.98. The van der Waals surface area contributed by atoms with Crippen LogP contribution in [0.3, 0.4) is 0 Å². The van der Waals surface area contributed by atoms with Crippen LogP contribution in [-0.4, -0.2) is 43.6 Å². The second-order valence-corrected chi connectivity index (χ2v) is 7.87. The van der Waals surface area contributed by atoms with Crippen LogP contribution in [0.25, 0.3) is 0 Å². The van der Waals surface area contributed by atoms with E-state index in [0.717, 1.165) is 31.5 Å². The fourth-order valence-corrected chi connectivity index (χ4v) is 5.03. The molecule has 0 spiro atoms. The van der Waals surface area contributed by atoms with Crippen LogP contribution in [0.15, 0.2) is 23.1 Å². The van der Waals surface area contributed by atoms with Gasteiger partial charge in [-0.1, -0.05) is 13.0 Å². The molecule has 116 valence electrons. The van der Waals surface area contributed by atoms with E-state index in [4.69, 9.17) is 0 Å². The molecular weight excluding hydrogens is 288 g/mol.